The molecular formula is C25H28N2O2. The van der Waals surface area contributed by atoms with Crippen LogP contribution < -0.4 is 0 Å². The first-order valence-corrected chi connectivity index (χ1v) is 10.2. The van der Waals surface area contributed by atoms with Crippen molar-refractivity contribution in [1.29, 1.82) is 0 Å². The minimum Gasteiger partial charge on any atom is -0.443 e. The molecule has 29 heavy (non-hydrogen) atoms. The third-order valence-corrected chi connectivity index (χ3v) is 5.09. The quantitative estimate of drug-likeness (QED) is 0.576. The highest BCUT2D eigenvalue weighted by molar-refractivity contribution is 5.95. The van der Waals surface area contributed by atoms with Crippen molar-refractivity contribution in [2.45, 2.75) is 39.3 Å². The highest BCUT2D eigenvalue weighted by Gasteiger charge is 2.25. The van der Waals surface area contributed by atoms with Gasteiger partial charge in [0, 0.05) is 25.0 Å². The predicted molar refractivity (Wildman–Crippen MR) is 118 cm³/mol. The van der Waals surface area contributed by atoms with Crippen molar-refractivity contribution in [2.75, 3.05) is 13.1 Å². The van der Waals surface area contributed by atoms with Gasteiger partial charge < -0.3 is 4.74 Å². The number of aromatic nitrogens is 1. The third-order valence-electron chi connectivity index (χ3n) is 5.09. The van der Waals surface area contributed by atoms with Gasteiger partial charge in [-0.3, -0.25) is 4.90 Å². The topological polar surface area (TPSA) is 34.5 Å². The van der Waals surface area contributed by atoms with Crippen molar-refractivity contribution in [3.63, 3.8) is 0 Å². The number of fused-ring (bicyclic) bond motifs is 1. The highest BCUT2D eigenvalue weighted by Crippen LogP contribution is 2.29. The van der Waals surface area contributed by atoms with Crippen LogP contribution >= 0.6 is 0 Å². The van der Waals surface area contributed by atoms with Gasteiger partial charge in [-0.25, -0.2) is 9.36 Å². The van der Waals surface area contributed by atoms with Gasteiger partial charge in [0.1, 0.15) is 5.60 Å². The lowest BCUT2D eigenvalue weighted by Crippen LogP contribution is -2.31. The zero-order valence-corrected chi connectivity index (χ0v) is 17.4. The standard InChI is InChI=1S/C25H28N2O2/c1-25(2,3)29-24(28)27-22-14-8-7-12-20(22)16-23(27)21-13-9-15-26(18-21)17-19-10-5-4-6-11-19/h4-8,10-14,16H,9,15,17-18H2,1-3H3. The van der Waals surface area contributed by atoms with Crippen molar-refractivity contribution in [3.05, 3.63) is 78.0 Å². The van der Waals surface area contributed by atoms with Gasteiger partial charge in [0.05, 0.1) is 11.2 Å². The Bertz CT molecular complexity index is 1040. The van der Waals surface area contributed by atoms with Crippen molar-refractivity contribution >= 4 is 22.6 Å². The summed E-state index contributed by atoms with van der Waals surface area (Å²) in [6.45, 7) is 8.44. The van der Waals surface area contributed by atoms with E-state index in [9.17, 15) is 4.79 Å². The lowest BCUT2D eigenvalue weighted by atomic mass is 10.1. The Hall–Kier alpha value is -2.85. The molecule has 4 heteroatoms. The molecule has 0 aliphatic carbocycles. The summed E-state index contributed by atoms with van der Waals surface area (Å²) in [6.07, 6.45) is 2.91. The van der Waals surface area contributed by atoms with Gasteiger partial charge in [-0.2, -0.15) is 0 Å². The largest absolute Gasteiger partial charge is 0.443 e. The monoisotopic (exact) mass is 388 g/mol. The number of benzene rings is 2. The van der Waals surface area contributed by atoms with E-state index in [1.807, 2.05) is 51.1 Å². The van der Waals surface area contributed by atoms with Crippen LogP contribution in [0.15, 0.2) is 66.7 Å². The molecule has 2 heterocycles. The molecule has 1 aromatic heterocycles. The molecule has 0 unspecified atom stereocenters. The third kappa shape index (κ3) is 4.43. The first kappa shape index (κ1) is 19.5. The molecule has 0 saturated heterocycles. The summed E-state index contributed by atoms with van der Waals surface area (Å²) in [5.41, 5.74) is 3.76. The second kappa shape index (κ2) is 7.88. The molecule has 4 rings (SSSR count). The molecule has 2 aromatic carbocycles. The normalized spacial score (nSPS) is 15.3. The molecule has 1 aliphatic rings. The molecule has 0 N–H and O–H groups in total. The van der Waals surface area contributed by atoms with Crippen LogP contribution in [0.1, 0.15) is 38.4 Å². The Morgan fingerprint density at radius 1 is 1.03 bits per heavy atom. The van der Waals surface area contributed by atoms with E-state index in [1.54, 1.807) is 4.57 Å². The highest BCUT2D eigenvalue weighted by atomic mass is 16.6. The lowest BCUT2D eigenvalue weighted by molar-refractivity contribution is 0.0543. The van der Waals surface area contributed by atoms with E-state index in [0.29, 0.717) is 0 Å². The molecular weight excluding hydrogens is 360 g/mol. The summed E-state index contributed by atoms with van der Waals surface area (Å²) >= 11 is 0. The Morgan fingerprint density at radius 2 is 1.76 bits per heavy atom. The Kier molecular flexibility index (Phi) is 5.29. The number of ether oxygens (including phenoxy) is 1. The number of rotatable bonds is 3. The number of hydrogen-bond acceptors (Lipinski definition) is 3. The molecule has 150 valence electrons. The van der Waals surface area contributed by atoms with E-state index in [2.05, 4.69) is 41.3 Å². The Balaban J connectivity index is 1.67. The maximum atomic E-state index is 13.1. The molecule has 0 saturated carbocycles. The second-order valence-corrected chi connectivity index (χ2v) is 8.62. The molecule has 0 amide bonds. The number of carbonyl (C=O) groups excluding carboxylic acids is 1. The molecule has 0 fully saturated rings. The first-order chi connectivity index (χ1) is 13.9. The van der Waals surface area contributed by atoms with Crippen LogP contribution in [0.25, 0.3) is 16.5 Å². The smallest absolute Gasteiger partial charge is 0.419 e. The average Bonchev–Trinajstić information content (AvgIpc) is 3.07. The van der Waals surface area contributed by atoms with E-state index >= 15 is 0 Å². The maximum absolute atomic E-state index is 13.1. The van der Waals surface area contributed by atoms with Crippen LogP contribution in [0.3, 0.4) is 0 Å². The predicted octanol–water partition coefficient (Wildman–Crippen LogP) is 5.71. The zero-order valence-electron chi connectivity index (χ0n) is 17.4. The molecule has 4 nitrogen and oxygen atoms in total. The van der Waals surface area contributed by atoms with Gasteiger partial charge in [0.2, 0.25) is 0 Å². The van der Waals surface area contributed by atoms with E-state index in [0.717, 1.165) is 42.7 Å². The molecule has 0 radical (unpaired) electrons. The van der Waals surface area contributed by atoms with Crippen LogP contribution in [0.5, 0.6) is 0 Å². The summed E-state index contributed by atoms with van der Waals surface area (Å²) in [7, 11) is 0. The minimum absolute atomic E-state index is 0.324. The van der Waals surface area contributed by atoms with Gasteiger partial charge in [-0.05, 0) is 50.5 Å². The number of nitrogens with zero attached hydrogens (tertiary/aromatic N) is 2. The minimum atomic E-state index is -0.542. The number of para-hydroxylation sites is 1. The summed E-state index contributed by atoms with van der Waals surface area (Å²) in [5, 5.41) is 1.05. The van der Waals surface area contributed by atoms with Crippen LogP contribution in [0, 0.1) is 0 Å². The van der Waals surface area contributed by atoms with E-state index in [-0.39, 0.29) is 6.09 Å². The SMILES string of the molecule is CC(C)(C)OC(=O)n1c(C2=CCCN(Cc3ccccc3)C2)cc2ccccc21. The maximum Gasteiger partial charge on any atom is 0.419 e. The van der Waals surface area contributed by atoms with Crippen LogP contribution in [0.4, 0.5) is 4.79 Å². The van der Waals surface area contributed by atoms with Crippen molar-refractivity contribution in [2.24, 2.45) is 0 Å². The van der Waals surface area contributed by atoms with E-state index in [4.69, 9.17) is 4.74 Å². The average molecular weight is 389 g/mol. The van der Waals surface area contributed by atoms with Gasteiger partial charge in [-0.15, -0.1) is 0 Å². The van der Waals surface area contributed by atoms with Crippen LogP contribution in [0.2, 0.25) is 0 Å². The Labute approximate surface area is 172 Å². The number of carbonyl (C=O) groups is 1. The summed E-state index contributed by atoms with van der Waals surface area (Å²) < 4.78 is 7.46. The van der Waals surface area contributed by atoms with Crippen molar-refractivity contribution < 1.29 is 9.53 Å². The molecule has 1 aliphatic heterocycles. The summed E-state index contributed by atoms with van der Waals surface area (Å²) in [4.78, 5) is 15.5. The lowest BCUT2D eigenvalue weighted by Gasteiger charge is -2.28. The van der Waals surface area contributed by atoms with Gasteiger partial charge in [0.15, 0.2) is 0 Å². The fourth-order valence-corrected chi connectivity index (χ4v) is 3.86. The van der Waals surface area contributed by atoms with Crippen LogP contribution in [-0.2, 0) is 11.3 Å². The van der Waals surface area contributed by atoms with Gasteiger partial charge in [0.25, 0.3) is 0 Å². The van der Waals surface area contributed by atoms with E-state index in [1.165, 1.54) is 11.1 Å². The molecule has 0 bridgehead atoms. The van der Waals surface area contributed by atoms with Gasteiger partial charge >= 0.3 is 6.09 Å². The molecule has 3 aromatic rings. The molecule has 0 atom stereocenters. The summed E-state index contributed by atoms with van der Waals surface area (Å²) in [5.74, 6) is 0. The first-order valence-electron chi connectivity index (χ1n) is 10.2. The van der Waals surface area contributed by atoms with Crippen molar-refractivity contribution in [3.8, 4) is 0 Å². The second-order valence-electron chi connectivity index (χ2n) is 8.62. The zero-order chi connectivity index (χ0) is 20.4. The van der Waals surface area contributed by atoms with Crippen molar-refractivity contribution in [1.82, 2.24) is 9.47 Å². The fourth-order valence-electron chi connectivity index (χ4n) is 3.86. The molecule has 0 spiro atoms. The van der Waals surface area contributed by atoms with Crippen LogP contribution in [-0.4, -0.2) is 34.3 Å². The summed E-state index contributed by atoms with van der Waals surface area (Å²) in [6, 6.07) is 20.6. The number of hydrogen-bond donors (Lipinski definition) is 0. The Morgan fingerprint density at radius 3 is 2.52 bits per heavy atom. The van der Waals surface area contributed by atoms with Gasteiger partial charge in [-0.1, -0.05) is 54.6 Å². The fraction of sp³-hybridized carbons (Fsp3) is 0.320. The van der Waals surface area contributed by atoms with E-state index < -0.39 is 5.60 Å².